The zero-order valence-electron chi connectivity index (χ0n) is 14.1. The summed E-state index contributed by atoms with van der Waals surface area (Å²) in [5.74, 6) is 0.652. The molecule has 2 rings (SSSR count). The first-order chi connectivity index (χ1) is 11.1. The predicted octanol–water partition coefficient (Wildman–Crippen LogP) is 2.63. The highest BCUT2D eigenvalue weighted by Gasteiger charge is 2.20. The molecule has 130 valence electrons. The molecule has 0 amide bonds. The summed E-state index contributed by atoms with van der Waals surface area (Å²) in [7, 11) is -1.87. The van der Waals surface area contributed by atoms with Crippen LogP contribution in [0, 0.1) is 0 Å². The van der Waals surface area contributed by atoms with E-state index in [0.29, 0.717) is 18.3 Å². The van der Waals surface area contributed by atoms with Crippen molar-refractivity contribution in [3.8, 4) is 5.75 Å². The molecule has 1 aliphatic heterocycles. The van der Waals surface area contributed by atoms with Crippen LogP contribution >= 0.6 is 0 Å². The molecule has 0 aliphatic carbocycles. The molecule has 1 saturated heterocycles. The van der Waals surface area contributed by atoms with Crippen LogP contribution in [-0.4, -0.2) is 46.1 Å². The maximum absolute atomic E-state index is 12.2. The Morgan fingerprint density at radius 2 is 2.00 bits per heavy atom. The number of rotatable bonds is 8. The van der Waals surface area contributed by atoms with E-state index in [9.17, 15) is 8.42 Å². The predicted molar refractivity (Wildman–Crippen MR) is 92.3 cm³/mol. The number of ether oxygens (including phenoxy) is 1. The SMILES string of the molecule is CCC1CCCCN1CCCNS(=O)(=O)c1ccc(OC)cc1. The number of nitrogens with zero attached hydrogens (tertiary/aromatic N) is 1. The van der Waals surface area contributed by atoms with Gasteiger partial charge in [-0.25, -0.2) is 13.1 Å². The summed E-state index contributed by atoms with van der Waals surface area (Å²) in [6, 6.07) is 7.13. The lowest BCUT2D eigenvalue weighted by Gasteiger charge is -2.35. The minimum Gasteiger partial charge on any atom is -0.497 e. The van der Waals surface area contributed by atoms with Gasteiger partial charge >= 0.3 is 0 Å². The minimum absolute atomic E-state index is 0.280. The third kappa shape index (κ3) is 5.19. The van der Waals surface area contributed by atoms with Gasteiger partial charge in [-0.2, -0.15) is 0 Å². The summed E-state index contributed by atoms with van der Waals surface area (Å²) in [5.41, 5.74) is 0. The number of likely N-dealkylation sites (tertiary alicyclic amines) is 1. The Morgan fingerprint density at radius 3 is 2.65 bits per heavy atom. The van der Waals surface area contributed by atoms with E-state index in [4.69, 9.17) is 4.74 Å². The Hall–Kier alpha value is -1.11. The molecule has 1 aliphatic rings. The summed E-state index contributed by atoms with van der Waals surface area (Å²) in [6.45, 7) is 4.81. The Morgan fingerprint density at radius 1 is 1.26 bits per heavy atom. The Bertz CT molecular complexity index is 572. The van der Waals surface area contributed by atoms with Gasteiger partial charge in [0.15, 0.2) is 0 Å². The summed E-state index contributed by atoms with van der Waals surface area (Å²) in [5, 5.41) is 0. The second-order valence-electron chi connectivity index (χ2n) is 6.02. The van der Waals surface area contributed by atoms with Crippen LogP contribution in [0.5, 0.6) is 5.75 Å². The van der Waals surface area contributed by atoms with Gasteiger partial charge < -0.3 is 9.64 Å². The molecule has 1 fully saturated rings. The van der Waals surface area contributed by atoms with Gasteiger partial charge in [0.25, 0.3) is 0 Å². The highest BCUT2D eigenvalue weighted by Crippen LogP contribution is 2.19. The topological polar surface area (TPSA) is 58.6 Å². The van der Waals surface area contributed by atoms with Crippen molar-refractivity contribution in [1.82, 2.24) is 9.62 Å². The van der Waals surface area contributed by atoms with Gasteiger partial charge in [-0.1, -0.05) is 13.3 Å². The molecule has 1 aromatic carbocycles. The lowest BCUT2D eigenvalue weighted by Crippen LogP contribution is -2.40. The van der Waals surface area contributed by atoms with E-state index in [1.807, 2.05) is 0 Å². The number of hydrogen-bond donors (Lipinski definition) is 1. The van der Waals surface area contributed by atoms with Crippen LogP contribution < -0.4 is 9.46 Å². The molecular formula is C17H28N2O3S. The molecule has 0 bridgehead atoms. The zero-order chi connectivity index (χ0) is 16.7. The fraction of sp³-hybridized carbons (Fsp3) is 0.647. The Balaban J connectivity index is 1.80. The van der Waals surface area contributed by atoms with Gasteiger partial charge in [-0.05, 0) is 63.0 Å². The van der Waals surface area contributed by atoms with Crippen LogP contribution in [0.1, 0.15) is 39.0 Å². The molecule has 0 aromatic heterocycles. The number of piperidine rings is 1. The van der Waals surface area contributed by atoms with E-state index in [1.165, 1.54) is 25.7 Å². The molecule has 1 aromatic rings. The van der Waals surface area contributed by atoms with Crippen molar-refractivity contribution in [2.75, 3.05) is 26.7 Å². The molecule has 0 saturated carbocycles. The molecule has 0 spiro atoms. The molecule has 5 nitrogen and oxygen atoms in total. The highest BCUT2D eigenvalue weighted by atomic mass is 32.2. The monoisotopic (exact) mass is 340 g/mol. The highest BCUT2D eigenvalue weighted by molar-refractivity contribution is 7.89. The molecule has 23 heavy (non-hydrogen) atoms. The summed E-state index contributed by atoms with van der Waals surface area (Å²) in [6.07, 6.45) is 5.87. The summed E-state index contributed by atoms with van der Waals surface area (Å²) >= 11 is 0. The fourth-order valence-electron chi connectivity index (χ4n) is 3.14. The third-order valence-electron chi connectivity index (χ3n) is 4.50. The fourth-order valence-corrected chi connectivity index (χ4v) is 4.22. The normalized spacial score (nSPS) is 19.7. The van der Waals surface area contributed by atoms with Crippen LogP contribution in [0.4, 0.5) is 0 Å². The molecule has 1 atom stereocenters. The molecule has 6 heteroatoms. The van der Waals surface area contributed by atoms with Gasteiger partial charge in [0.1, 0.15) is 5.75 Å². The van der Waals surface area contributed by atoms with Crippen molar-refractivity contribution in [1.29, 1.82) is 0 Å². The molecule has 1 unspecified atom stereocenters. The first-order valence-corrected chi connectivity index (χ1v) is 9.93. The number of hydrogen-bond acceptors (Lipinski definition) is 4. The van der Waals surface area contributed by atoms with Gasteiger partial charge in [-0.15, -0.1) is 0 Å². The van der Waals surface area contributed by atoms with Crippen LogP contribution in [0.25, 0.3) is 0 Å². The van der Waals surface area contributed by atoms with Gasteiger partial charge in [0.2, 0.25) is 10.0 Å². The second-order valence-corrected chi connectivity index (χ2v) is 7.79. The number of sulfonamides is 1. The largest absolute Gasteiger partial charge is 0.497 e. The Kier molecular flexibility index (Phi) is 6.87. The maximum Gasteiger partial charge on any atom is 0.240 e. The third-order valence-corrected chi connectivity index (χ3v) is 5.98. The van der Waals surface area contributed by atoms with Gasteiger partial charge in [0.05, 0.1) is 12.0 Å². The first kappa shape index (κ1) is 18.2. The lowest BCUT2D eigenvalue weighted by molar-refractivity contribution is 0.143. The lowest BCUT2D eigenvalue weighted by atomic mass is 10.00. The van der Waals surface area contributed by atoms with Crippen molar-refractivity contribution < 1.29 is 13.2 Å². The quantitative estimate of drug-likeness (QED) is 0.739. The van der Waals surface area contributed by atoms with Crippen molar-refractivity contribution in [3.63, 3.8) is 0 Å². The molecule has 1 heterocycles. The van der Waals surface area contributed by atoms with Crippen LogP contribution in [0.15, 0.2) is 29.2 Å². The van der Waals surface area contributed by atoms with E-state index in [0.717, 1.165) is 19.5 Å². The number of benzene rings is 1. The second kappa shape index (κ2) is 8.66. The van der Waals surface area contributed by atoms with Crippen LogP contribution in [-0.2, 0) is 10.0 Å². The standard InChI is InChI=1S/C17H28N2O3S/c1-3-15-7-4-5-13-19(15)14-6-12-18-23(20,21)17-10-8-16(22-2)9-11-17/h8-11,15,18H,3-7,12-14H2,1-2H3. The van der Waals surface area contributed by atoms with Crippen molar-refractivity contribution in [2.24, 2.45) is 0 Å². The minimum atomic E-state index is -3.43. The van der Waals surface area contributed by atoms with Crippen LogP contribution in [0.2, 0.25) is 0 Å². The summed E-state index contributed by atoms with van der Waals surface area (Å²) in [4.78, 5) is 2.79. The van der Waals surface area contributed by atoms with Crippen molar-refractivity contribution in [3.05, 3.63) is 24.3 Å². The van der Waals surface area contributed by atoms with Crippen molar-refractivity contribution >= 4 is 10.0 Å². The first-order valence-electron chi connectivity index (χ1n) is 8.44. The van der Waals surface area contributed by atoms with Gasteiger partial charge in [-0.3, -0.25) is 0 Å². The van der Waals surface area contributed by atoms with E-state index in [1.54, 1.807) is 31.4 Å². The zero-order valence-corrected chi connectivity index (χ0v) is 14.9. The van der Waals surface area contributed by atoms with Gasteiger partial charge in [0, 0.05) is 12.6 Å². The van der Waals surface area contributed by atoms with E-state index < -0.39 is 10.0 Å². The van der Waals surface area contributed by atoms with E-state index >= 15 is 0 Å². The summed E-state index contributed by atoms with van der Waals surface area (Å²) < 4.78 is 32.2. The van der Waals surface area contributed by atoms with E-state index in [2.05, 4.69) is 16.5 Å². The molecule has 0 radical (unpaired) electrons. The molecule has 1 N–H and O–H groups in total. The van der Waals surface area contributed by atoms with Crippen LogP contribution in [0.3, 0.4) is 0 Å². The van der Waals surface area contributed by atoms with Crippen molar-refractivity contribution in [2.45, 2.75) is 50.0 Å². The average Bonchev–Trinajstić information content (AvgIpc) is 2.59. The smallest absolute Gasteiger partial charge is 0.240 e. The Labute approximate surface area is 140 Å². The number of methoxy groups -OCH3 is 1. The maximum atomic E-state index is 12.2. The molecular weight excluding hydrogens is 312 g/mol. The average molecular weight is 340 g/mol. The van der Waals surface area contributed by atoms with E-state index in [-0.39, 0.29) is 4.90 Å². The number of nitrogens with one attached hydrogen (secondary N) is 1.